The summed E-state index contributed by atoms with van der Waals surface area (Å²) >= 11 is 0. The van der Waals surface area contributed by atoms with E-state index in [0.29, 0.717) is 16.8 Å². The molecule has 0 spiro atoms. The van der Waals surface area contributed by atoms with Crippen molar-refractivity contribution in [2.24, 2.45) is 7.05 Å². The fraction of sp³-hybridized carbons (Fsp3) is 0.133. The van der Waals surface area contributed by atoms with Crippen LogP contribution in [0.5, 0.6) is 0 Å². The summed E-state index contributed by atoms with van der Waals surface area (Å²) in [6, 6.07) is 13.8. The normalized spacial score (nSPS) is 11.7. The molecule has 0 atom stereocenters. The van der Waals surface area contributed by atoms with Gasteiger partial charge in [0.2, 0.25) is 0 Å². The molecular formula is C15H15N3O4S. The Morgan fingerprint density at radius 2 is 1.87 bits per heavy atom. The number of hydrogen-bond acceptors (Lipinski definition) is 4. The van der Waals surface area contributed by atoms with Crippen LogP contribution in [0, 0.1) is 0 Å². The molecule has 23 heavy (non-hydrogen) atoms. The molecule has 7 nitrogen and oxygen atoms in total. The molecule has 0 saturated heterocycles. The molecule has 120 valence electrons. The topological polar surface area (TPSA) is 93.3 Å². The van der Waals surface area contributed by atoms with Crippen LogP contribution in [-0.2, 0) is 23.8 Å². The summed E-state index contributed by atoms with van der Waals surface area (Å²) in [5.41, 5.74) is 2.07. The maximum Gasteiger partial charge on any atom is 0.419 e. The number of hydrogen-bond donors (Lipinski definition) is 2. The predicted octanol–water partition coefficient (Wildman–Crippen LogP) is 1.58. The molecule has 1 aromatic heterocycles. The van der Waals surface area contributed by atoms with Gasteiger partial charge in [-0.3, -0.25) is 9.29 Å². The number of rotatable bonds is 5. The molecule has 3 aromatic rings. The van der Waals surface area contributed by atoms with Crippen LogP contribution >= 0.6 is 0 Å². The first-order valence-corrected chi connectivity index (χ1v) is 8.34. The summed E-state index contributed by atoms with van der Waals surface area (Å²) in [6.45, 7) is 0.179. The molecule has 0 saturated carbocycles. The van der Waals surface area contributed by atoms with Crippen LogP contribution in [-0.4, -0.2) is 13.0 Å². The van der Waals surface area contributed by atoms with Crippen molar-refractivity contribution in [2.45, 2.75) is 6.54 Å². The zero-order valence-electron chi connectivity index (χ0n) is 12.3. The molecule has 0 radical (unpaired) electrons. The summed E-state index contributed by atoms with van der Waals surface area (Å²) in [5.74, 6) is -0.498. The van der Waals surface area contributed by atoms with Gasteiger partial charge in [0.1, 0.15) is 0 Å². The lowest BCUT2D eigenvalue weighted by Crippen LogP contribution is -2.29. The number of oxazole rings is 1. The first-order chi connectivity index (χ1) is 10.9. The van der Waals surface area contributed by atoms with Crippen LogP contribution in [0.4, 0.5) is 5.69 Å². The van der Waals surface area contributed by atoms with E-state index in [1.165, 1.54) is 10.6 Å². The molecule has 0 fully saturated rings. The third-order valence-electron chi connectivity index (χ3n) is 3.35. The monoisotopic (exact) mass is 333 g/mol. The minimum Gasteiger partial charge on any atom is -0.408 e. The molecule has 3 rings (SSSR count). The summed E-state index contributed by atoms with van der Waals surface area (Å²) in [6.07, 6.45) is 0. The fourth-order valence-corrected chi connectivity index (χ4v) is 3.03. The molecule has 8 heteroatoms. The lowest BCUT2D eigenvalue weighted by Gasteiger charge is -2.09. The van der Waals surface area contributed by atoms with Gasteiger partial charge in [-0.2, -0.15) is 13.1 Å². The molecule has 0 amide bonds. The molecule has 0 aliphatic rings. The van der Waals surface area contributed by atoms with Gasteiger partial charge in [-0.15, -0.1) is 0 Å². The standard InChI is InChI=1S/C15H15N3O4S/c1-18-13-8-7-12(9-14(13)22-15(18)19)17-23(20,21)16-10-11-5-3-2-4-6-11/h2-9,16-17H,10H2,1H3. The average molecular weight is 333 g/mol. The number of benzene rings is 2. The van der Waals surface area contributed by atoms with E-state index in [1.54, 1.807) is 19.2 Å². The van der Waals surface area contributed by atoms with Gasteiger partial charge >= 0.3 is 5.76 Å². The van der Waals surface area contributed by atoms with Crippen LogP contribution in [0.15, 0.2) is 57.7 Å². The maximum absolute atomic E-state index is 12.1. The van der Waals surface area contributed by atoms with Crippen molar-refractivity contribution in [2.75, 3.05) is 4.72 Å². The molecule has 0 unspecified atom stereocenters. The Hall–Kier alpha value is -2.58. The predicted molar refractivity (Wildman–Crippen MR) is 87.3 cm³/mol. The van der Waals surface area contributed by atoms with Crippen molar-refractivity contribution >= 4 is 27.0 Å². The summed E-state index contributed by atoms with van der Waals surface area (Å²) in [5, 5.41) is 0. The number of nitrogens with one attached hydrogen (secondary N) is 2. The Bertz CT molecular complexity index is 990. The zero-order valence-corrected chi connectivity index (χ0v) is 13.1. The van der Waals surface area contributed by atoms with Gasteiger partial charge in [0, 0.05) is 19.7 Å². The number of nitrogens with zero attached hydrogens (tertiary/aromatic N) is 1. The van der Waals surface area contributed by atoms with Crippen LogP contribution < -0.4 is 15.2 Å². The first-order valence-electron chi connectivity index (χ1n) is 6.85. The van der Waals surface area contributed by atoms with Gasteiger partial charge in [0.25, 0.3) is 10.2 Å². The van der Waals surface area contributed by atoms with E-state index in [1.807, 2.05) is 30.3 Å². The summed E-state index contributed by atoms with van der Waals surface area (Å²) in [4.78, 5) is 11.4. The molecule has 0 aliphatic heterocycles. The van der Waals surface area contributed by atoms with Gasteiger partial charge in [0.15, 0.2) is 5.58 Å². The van der Waals surface area contributed by atoms with E-state index in [9.17, 15) is 13.2 Å². The molecule has 1 heterocycles. The van der Waals surface area contributed by atoms with Gasteiger partial charge in [-0.25, -0.2) is 4.79 Å². The second kappa shape index (κ2) is 5.90. The Morgan fingerprint density at radius 1 is 1.13 bits per heavy atom. The largest absolute Gasteiger partial charge is 0.419 e. The molecular weight excluding hydrogens is 318 g/mol. The Kier molecular flexibility index (Phi) is 3.93. The fourth-order valence-electron chi connectivity index (χ4n) is 2.16. The van der Waals surface area contributed by atoms with E-state index in [-0.39, 0.29) is 6.54 Å². The Morgan fingerprint density at radius 3 is 2.61 bits per heavy atom. The lowest BCUT2D eigenvalue weighted by molar-refractivity contribution is 0.528. The lowest BCUT2D eigenvalue weighted by atomic mass is 10.2. The van der Waals surface area contributed by atoms with Gasteiger partial charge in [-0.1, -0.05) is 30.3 Å². The minimum absolute atomic E-state index is 0.179. The SMILES string of the molecule is Cn1c(=O)oc2cc(NS(=O)(=O)NCc3ccccc3)ccc21. The number of anilines is 1. The van der Waals surface area contributed by atoms with Crippen molar-refractivity contribution in [3.05, 3.63) is 64.6 Å². The third-order valence-corrected chi connectivity index (χ3v) is 4.38. The maximum atomic E-state index is 12.1. The Balaban J connectivity index is 1.76. The van der Waals surface area contributed by atoms with Crippen LogP contribution in [0.25, 0.3) is 11.1 Å². The highest BCUT2D eigenvalue weighted by atomic mass is 32.2. The van der Waals surface area contributed by atoms with E-state index < -0.39 is 16.0 Å². The van der Waals surface area contributed by atoms with E-state index in [2.05, 4.69) is 9.44 Å². The van der Waals surface area contributed by atoms with Gasteiger partial charge in [0.05, 0.1) is 11.2 Å². The molecule has 2 N–H and O–H groups in total. The first kappa shape index (κ1) is 15.3. The quantitative estimate of drug-likeness (QED) is 0.741. The average Bonchev–Trinajstić information content (AvgIpc) is 2.80. The summed E-state index contributed by atoms with van der Waals surface area (Å²) in [7, 11) is -2.15. The molecule has 2 aromatic carbocycles. The van der Waals surface area contributed by atoms with Gasteiger partial charge < -0.3 is 4.42 Å². The van der Waals surface area contributed by atoms with Crippen LogP contribution in [0.3, 0.4) is 0 Å². The minimum atomic E-state index is -3.73. The number of fused-ring (bicyclic) bond motifs is 1. The smallest absolute Gasteiger partial charge is 0.408 e. The van der Waals surface area contributed by atoms with Crippen molar-refractivity contribution in [3.8, 4) is 0 Å². The second-order valence-electron chi connectivity index (χ2n) is 5.02. The zero-order chi connectivity index (χ0) is 16.4. The van der Waals surface area contributed by atoms with E-state index in [4.69, 9.17) is 4.42 Å². The van der Waals surface area contributed by atoms with Gasteiger partial charge in [-0.05, 0) is 17.7 Å². The summed E-state index contributed by atoms with van der Waals surface area (Å²) < 4.78 is 35.4. The highest BCUT2D eigenvalue weighted by molar-refractivity contribution is 7.90. The van der Waals surface area contributed by atoms with E-state index in [0.717, 1.165) is 5.56 Å². The van der Waals surface area contributed by atoms with Crippen molar-refractivity contribution < 1.29 is 12.8 Å². The van der Waals surface area contributed by atoms with Crippen LogP contribution in [0.1, 0.15) is 5.56 Å². The molecule has 0 bridgehead atoms. The van der Waals surface area contributed by atoms with Crippen molar-refractivity contribution in [1.82, 2.24) is 9.29 Å². The molecule has 0 aliphatic carbocycles. The van der Waals surface area contributed by atoms with Crippen molar-refractivity contribution in [1.29, 1.82) is 0 Å². The number of aromatic nitrogens is 1. The Labute approximate surface area is 132 Å². The second-order valence-corrected chi connectivity index (χ2v) is 6.52. The highest BCUT2D eigenvalue weighted by Gasteiger charge is 2.12. The number of aryl methyl sites for hydroxylation is 1. The highest BCUT2D eigenvalue weighted by Crippen LogP contribution is 2.18. The third kappa shape index (κ3) is 3.43. The van der Waals surface area contributed by atoms with E-state index >= 15 is 0 Å². The van der Waals surface area contributed by atoms with Crippen LogP contribution in [0.2, 0.25) is 0 Å². The van der Waals surface area contributed by atoms with Crippen molar-refractivity contribution in [3.63, 3.8) is 0 Å².